The summed E-state index contributed by atoms with van der Waals surface area (Å²) in [7, 11) is 3.93. The first kappa shape index (κ1) is 20.9. The van der Waals surface area contributed by atoms with Crippen LogP contribution in [0.4, 0.5) is 13.2 Å². The van der Waals surface area contributed by atoms with Crippen molar-refractivity contribution in [1.29, 1.82) is 0 Å². The van der Waals surface area contributed by atoms with Crippen LogP contribution in [0.1, 0.15) is 5.56 Å². The number of H-pyrrole nitrogens is 1. The fourth-order valence-corrected chi connectivity index (χ4v) is 3.25. The lowest BCUT2D eigenvalue weighted by Gasteiger charge is -2.11. The van der Waals surface area contributed by atoms with Crippen molar-refractivity contribution in [2.75, 3.05) is 27.2 Å². The molecule has 4 rings (SSSR count). The van der Waals surface area contributed by atoms with Gasteiger partial charge in [-0.1, -0.05) is 18.2 Å². The highest BCUT2D eigenvalue weighted by molar-refractivity contribution is 5.97. The van der Waals surface area contributed by atoms with E-state index < -0.39 is 11.7 Å². The van der Waals surface area contributed by atoms with Gasteiger partial charge in [0.2, 0.25) is 5.88 Å². The van der Waals surface area contributed by atoms with Gasteiger partial charge in [-0.2, -0.15) is 13.2 Å². The van der Waals surface area contributed by atoms with E-state index in [9.17, 15) is 13.2 Å². The minimum absolute atomic E-state index is 0.441. The molecule has 5 nitrogen and oxygen atoms in total. The molecule has 0 aliphatic heterocycles. The zero-order chi connectivity index (χ0) is 22.0. The average molecular weight is 426 g/mol. The molecule has 0 amide bonds. The molecule has 0 bridgehead atoms. The third-order valence-corrected chi connectivity index (χ3v) is 4.90. The van der Waals surface area contributed by atoms with Crippen LogP contribution in [0.2, 0.25) is 0 Å². The Labute approximate surface area is 177 Å². The number of benzene rings is 2. The molecular formula is C23H21F3N4O. The Hall–Kier alpha value is -3.39. The van der Waals surface area contributed by atoms with Crippen molar-refractivity contribution in [3.63, 3.8) is 0 Å². The predicted octanol–water partition coefficient (Wildman–Crippen LogP) is 5.25. The number of nitrogens with one attached hydrogen (secondary N) is 1. The van der Waals surface area contributed by atoms with E-state index in [4.69, 9.17) is 4.74 Å². The van der Waals surface area contributed by atoms with Crippen LogP contribution in [0, 0.1) is 0 Å². The maximum atomic E-state index is 12.9. The van der Waals surface area contributed by atoms with Crippen LogP contribution in [-0.4, -0.2) is 47.1 Å². The lowest BCUT2D eigenvalue weighted by atomic mass is 10.0. The predicted molar refractivity (Wildman–Crippen MR) is 114 cm³/mol. The van der Waals surface area contributed by atoms with Crippen molar-refractivity contribution in [2.24, 2.45) is 0 Å². The van der Waals surface area contributed by atoms with Crippen molar-refractivity contribution < 1.29 is 17.9 Å². The first-order valence-electron chi connectivity index (χ1n) is 9.70. The molecule has 2 aromatic carbocycles. The molecule has 0 saturated carbocycles. The number of hydrogen-bond acceptors (Lipinski definition) is 4. The summed E-state index contributed by atoms with van der Waals surface area (Å²) in [6.45, 7) is 1.26. The van der Waals surface area contributed by atoms with Gasteiger partial charge in [-0.25, -0.2) is 4.98 Å². The quantitative estimate of drug-likeness (QED) is 0.458. The van der Waals surface area contributed by atoms with Gasteiger partial charge in [0.25, 0.3) is 0 Å². The van der Waals surface area contributed by atoms with Crippen LogP contribution in [0.3, 0.4) is 0 Å². The summed E-state index contributed by atoms with van der Waals surface area (Å²) in [5, 5.41) is 0.887. The second-order valence-electron chi connectivity index (χ2n) is 7.43. The topological polar surface area (TPSA) is 54.0 Å². The number of aromatic nitrogens is 3. The van der Waals surface area contributed by atoms with Crippen LogP contribution in [0.15, 0.2) is 61.1 Å². The van der Waals surface area contributed by atoms with Gasteiger partial charge in [0, 0.05) is 34.8 Å². The molecule has 4 aromatic rings. The van der Waals surface area contributed by atoms with Crippen molar-refractivity contribution in [3.8, 4) is 28.3 Å². The maximum absolute atomic E-state index is 12.9. The summed E-state index contributed by atoms with van der Waals surface area (Å²) in [4.78, 5) is 13.9. The van der Waals surface area contributed by atoms with E-state index in [1.807, 2.05) is 37.2 Å². The van der Waals surface area contributed by atoms with Gasteiger partial charge in [-0.05, 0) is 43.9 Å². The van der Waals surface area contributed by atoms with Crippen LogP contribution < -0.4 is 4.74 Å². The number of likely N-dealkylation sites (N-methyl/N-ethyl adjacent to an activating group) is 1. The number of hydrogen-bond donors (Lipinski definition) is 1. The van der Waals surface area contributed by atoms with E-state index in [2.05, 4.69) is 15.0 Å². The van der Waals surface area contributed by atoms with Crippen molar-refractivity contribution in [2.45, 2.75) is 6.18 Å². The summed E-state index contributed by atoms with van der Waals surface area (Å²) >= 11 is 0. The number of alkyl halides is 3. The molecule has 0 unspecified atom stereocenters. The third-order valence-electron chi connectivity index (χ3n) is 4.90. The number of ether oxygens (including phenoxy) is 1. The van der Waals surface area contributed by atoms with Crippen LogP contribution in [-0.2, 0) is 6.18 Å². The van der Waals surface area contributed by atoms with Gasteiger partial charge in [-0.3, -0.25) is 4.98 Å². The van der Waals surface area contributed by atoms with E-state index in [0.29, 0.717) is 23.7 Å². The second-order valence-corrected chi connectivity index (χ2v) is 7.43. The van der Waals surface area contributed by atoms with Gasteiger partial charge in [0.1, 0.15) is 6.61 Å². The summed E-state index contributed by atoms with van der Waals surface area (Å²) in [6.07, 6.45) is 0.666. The minimum Gasteiger partial charge on any atom is -0.475 e. The first-order valence-corrected chi connectivity index (χ1v) is 9.70. The molecule has 0 radical (unpaired) electrons. The van der Waals surface area contributed by atoms with Gasteiger partial charge < -0.3 is 14.6 Å². The fourth-order valence-electron chi connectivity index (χ4n) is 3.25. The summed E-state index contributed by atoms with van der Waals surface area (Å²) in [6, 6.07) is 10.9. The van der Waals surface area contributed by atoms with Gasteiger partial charge in [-0.15, -0.1) is 0 Å². The van der Waals surface area contributed by atoms with Crippen LogP contribution >= 0.6 is 0 Å². The Morgan fingerprint density at radius 2 is 1.74 bits per heavy atom. The highest BCUT2D eigenvalue weighted by atomic mass is 19.4. The Morgan fingerprint density at radius 3 is 2.45 bits per heavy atom. The molecule has 0 fully saturated rings. The van der Waals surface area contributed by atoms with Crippen molar-refractivity contribution in [3.05, 3.63) is 66.6 Å². The molecule has 1 N–H and O–H groups in total. The molecule has 0 atom stereocenters. The molecule has 160 valence electrons. The molecule has 2 heterocycles. The standard InChI is InChI=1S/C23H21F3N4O/c1-30(2)9-10-31-22-14-27-13-21(29-22)16-5-8-20-18(11-16)19(12-28-20)15-3-6-17(7-4-15)23(24,25)26/h3-8,11-14,28H,9-10H2,1-2H3. The van der Waals surface area contributed by atoms with Crippen molar-refractivity contribution >= 4 is 10.9 Å². The molecule has 0 saturated heterocycles. The van der Waals surface area contributed by atoms with Gasteiger partial charge in [0.05, 0.1) is 23.7 Å². The second kappa shape index (κ2) is 8.39. The monoisotopic (exact) mass is 426 g/mol. The molecule has 2 aromatic heterocycles. The van der Waals surface area contributed by atoms with E-state index in [-0.39, 0.29) is 0 Å². The zero-order valence-electron chi connectivity index (χ0n) is 17.1. The van der Waals surface area contributed by atoms with E-state index in [0.717, 1.165) is 40.7 Å². The van der Waals surface area contributed by atoms with E-state index in [1.54, 1.807) is 18.6 Å². The Bertz CT molecular complexity index is 1180. The molecule has 0 aliphatic rings. The molecule has 8 heteroatoms. The number of halogens is 3. The smallest absolute Gasteiger partial charge is 0.416 e. The number of nitrogens with zero attached hydrogens (tertiary/aromatic N) is 3. The third kappa shape index (κ3) is 4.69. The van der Waals surface area contributed by atoms with E-state index in [1.165, 1.54) is 12.1 Å². The largest absolute Gasteiger partial charge is 0.475 e. The summed E-state index contributed by atoms with van der Waals surface area (Å²) < 4.78 is 44.3. The van der Waals surface area contributed by atoms with E-state index >= 15 is 0 Å². The highest BCUT2D eigenvalue weighted by Gasteiger charge is 2.30. The van der Waals surface area contributed by atoms with Crippen LogP contribution in [0.25, 0.3) is 33.3 Å². The Kier molecular flexibility index (Phi) is 5.65. The lowest BCUT2D eigenvalue weighted by Crippen LogP contribution is -2.19. The summed E-state index contributed by atoms with van der Waals surface area (Å²) in [5.41, 5.74) is 3.22. The van der Waals surface area contributed by atoms with Crippen molar-refractivity contribution in [1.82, 2.24) is 19.9 Å². The number of rotatable bonds is 6. The van der Waals surface area contributed by atoms with Gasteiger partial charge in [0.15, 0.2) is 0 Å². The first-order chi connectivity index (χ1) is 14.8. The molecular weight excluding hydrogens is 405 g/mol. The Morgan fingerprint density at radius 1 is 1.00 bits per heavy atom. The lowest BCUT2D eigenvalue weighted by molar-refractivity contribution is -0.137. The summed E-state index contributed by atoms with van der Waals surface area (Å²) in [5.74, 6) is 0.441. The molecule has 0 aliphatic carbocycles. The normalized spacial score (nSPS) is 11.9. The fraction of sp³-hybridized carbons (Fsp3) is 0.217. The maximum Gasteiger partial charge on any atom is 0.416 e. The molecule has 31 heavy (non-hydrogen) atoms. The number of aromatic amines is 1. The number of fused-ring (bicyclic) bond motifs is 1. The molecule has 0 spiro atoms. The highest BCUT2D eigenvalue weighted by Crippen LogP contribution is 2.34. The SMILES string of the molecule is CN(C)CCOc1cncc(-c2ccc3[nH]cc(-c4ccc(C(F)(F)F)cc4)c3c2)n1. The Balaban J connectivity index is 1.65. The van der Waals surface area contributed by atoms with Crippen LogP contribution in [0.5, 0.6) is 5.88 Å². The van der Waals surface area contributed by atoms with Gasteiger partial charge >= 0.3 is 6.18 Å². The minimum atomic E-state index is -4.36. The zero-order valence-corrected chi connectivity index (χ0v) is 17.1. The average Bonchev–Trinajstić information content (AvgIpc) is 3.16.